The van der Waals surface area contributed by atoms with E-state index in [1.807, 2.05) is 19.1 Å². The number of rotatable bonds is 4. The van der Waals surface area contributed by atoms with E-state index in [4.69, 9.17) is 0 Å². The first-order valence-electron chi connectivity index (χ1n) is 5.55. The summed E-state index contributed by atoms with van der Waals surface area (Å²) in [5.74, 6) is 0.0543. The van der Waals surface area contributed by atoms with Crippen LogP contribution in [-0.2, 0) is 6.54 Å². The van der Waals surface area contributed by atoms with Gasteiger partial charge in [0.1, 0.15) is 0 Å². The largest absolute Gasteiger partial charge is 0.362 e. The number of hydrogen-bond donors (Lipinski definition) is 2. The van der Waals surface area contributed by atoms with Crippen LogP contribution in [0, 0.1) is 12.7 Å². The molecule has 0 amide bonds. The summed E-state index contributed by atoms with van der Waals surface area (Å²) in [5, 5.41) is 5.68. The number of aromatic nitrogens is 3. The van der Waals surface area contributed by atoms with Crippen LogP contribution in [0.25, 0.3) is 0 Å². The predicted molar refractivity (Wildman–Crippen MR) is 67.8 cm³/mol. The van der Waals surface area contributed by atoms with Crippen molar-refractivity contribution < 1.29 is 4.39 Å². The van der Waals surface area contributed by atoms with Gasteiger partial charge in [-0.2, -0.15) is 4.98 Å². The lowest BCUT2D eigenvalue weighted by Gasteiger charge is -2.08. The summed E-state index contributed by atoms with van der Waals surface area (Å²) < 4.78 is 13.5. The number of halogens is 1. The quantitative estimate of drug-likeness (QED) is 0.865. The van der Waals surface area contributed by atoms with Crippen molar-refractivity contribution >= 4 is 11.8 Å². The summed E-state index contributed by atoms with van der Waals surface area (Å²) in [7, 11) is 1.68. The molecule has 0 fully saturated rings. The number of nitrogens with zero attached hydrogens (tertiary/aromatic N) is 3. The van der Waals surface area contributed by atoms with Crippen LogP contribution in [0.15, 0.2) is 24.5 Å². The van der Waals surface area contributed by atoms with E-state index < -0.39 is 5.82 Å². The first kappa shape index (κ1) is 12.2. The molecular weight excluding hydrogens is 233 g/mol. The van der Waals surface area contributed by atoms with Crippen molar-refractivity contribution in [3.63, 3.8) is 0 Å². The van der Waals surface area contributed by atoms with Crippen molar-refractivity contribution in [2.24, 2.45) is 0 Å². The third kappa shape index (κ3) is 2.71. The molecule has 94 valence electrons. The lowest BCUT2D eigenvalue weighted by atomic mass is 10.2. The lowest BCUT2D eigenvalue weighted by molar-refractivity contribution is 0.617. The first-order valence-corrected chi connectivity index (χ1v) is 5.55. The summed E-state index contributed by atoms with van der Waals surface area (Å²) in [6, 6.07) is 3.82. The summed E-state index contributed by atoms with van der Waals surface area (Å²) in [5.41, 5.74) is 1.91. The van der Waals surface area contributed by atoms with Crippen LogP contribution in [0.2, 0.25) is 0 Å². The Hall–Kier alpha value is -2.24. The van der Waals surface area contributed by atoms with Crippen molar-refractivity contribution in [2.75, 3.05) is 17.7 Å². The molecule has 0 spiro atoms. The maximum Gasteiger partial charge on any atom is 0.224 e. The van der Waals surface area contributed by atoms with Gasteiger partial charge >= 0.3 is 0 Å². The zero-order valence-corrected chi connectivity index (χ0v) is 10.2. The highest BCUT2D eigenvalue weighted by Crippen LogP contribution is 2.13. The smallest absolute Gasteiger partial charge is 0.224 e. The van der Waals surface area contributed by atoms with Gasteiger partial charge in [-0.1, -0.05) is 6.07 Å². The maximum absolute atomic E-state index is 13.5. The second-order valence-corrected chi connectivity index (χ2v) is 3.76. The minimum Gasteiger partial charge on any atom is -0.362 e. The van der Waals surface area contributed by atoms with Crippen LogP contribution in [0.5, 0.6) is 0 Å². The standard InChI is InChI=1S/C12H14FN5/c1-8-4-3-5-15-10(8)7-16-11-9(13)6-17-12(14-2)18-11/h3-6H,7H2,1-2H3,(H2,14,16,17,18). The maximum atomic E-state index is 13.5. The fourth-order valence-electron chi connectivity index (χ4n) is 1.48. The lowest BCUT2D eigenvalue weighted by Crippen LogP contribution is -2.08. The highest BCUT2D eigenvalue weighted by molar-refractivity contribution is 5.41. The highest BCUT2D eigenvalue weighted by Gasteiger charge is 2.06. The fraction of sp³-hybridized carbons (Fsp3) is 0.250. The molecule has 6 heteroatoms. The number of hydrogen-bond acceptors (Lipinski definition) is 5. The second-order valence-electron chi connectivity index (χ2n) is 3.76. The topological polar surface area (TPSA) is 62.7 Å². The van der Waals surface area contributed by atoms with Gasteiger partial charge in [0.05, 0.1) is 18.4 Å². The van der Waals surface area contributed by atoms with Gasteiger partial charge in [-0.25, -0.2) is 9.37 Å². The molecule has 2 N–H and O–H groups in total. The van der Waals surface area contributed by atoms with Gasteiger partial charge in [0.2, 0.25) is 5.95 Å². The van der Waals surface area contributed by atoms with Crippen molar-refractivity contribution in [3.05, 3.63) is 41.6 Å². The van der Waals surface area contributed by atoms with Gasteiger partial charge in [0.15, 0.2) is 11.6 Å². The molecule has 0 atom stereocenters. The Bertz CT molecular complexity index is 544. The van der Waals surface area contributed by atoms with Crippen molar-refractivity contribution in [1.82, 2.24) is 15.0 Å². The molecule has 5 nitrogen and oxygen atoms in total. The first-order chi connectivity index (χ1) is 8.70. The van der Waals surface area contributed by atoms with Gasteiger partial charge in [0.25, 0.3) is 0 Å². The molecule has 2 heterocycles. The molecule has 0 aliphatic heterocycles. The molecule has 18 heavy (non-hydrogen) atoms. The monoisotopic (exact) mass is 247 g/mol. The van der Waals surface area contributed by atoms with Crippen molar-refractivity contribution in [2.45, 2.75) is 13.5 Å². The molecule has 0 saturated heterocycles. The van der Waals surface area contributed by atoms with E-state index in [-0.39, 0.29) is 5.82 Å². The van der Waals surface area contributed by atoms with Gasteiger partial charge in [0, 0.05) is 13.2 Å². The Morgan fingerprint density at radius 1 is 1.33 bits per heavy atom. The summed E-state index contributed by atoms with van der Waals surface area (Å²) in [4.78, 5) is 12.0. The van der Waals surface area contributed by atoms with E-state index in [9.17, 15) is 4.39 Å². The van der Waals surface area contributed by atoms with Gasteiger partial charge in [-0.15, -0.1) is 0 Å². The Morgan fingerprint density at radius 2 is 2.17 bits per heavy atom. The molecule has 0 saturated carbocycles. The molecule has 0 radical (unpaired) electrons. The van der Waals surface area contributed by atoms with Crippen LogP contribution >= 0.6 is 0 Å². The predicted octanol–water partition coefficient (Wildman–Crippen LogP) is 1.97. The molecule has 0 unspecified atom stereocenters. The van der Waals surface area contributed by atoms with Crippen molar-refractivity contribution in [3.8, 4) is 0 Å². The molecule has 2 aromatic heterocycles. The molecule has 2 aromatic rings. The summed E-state index contributed by atoms with van der Waals surface area (Å²) in [6.07, 6.45) is 2.84. The zero-order valence-electron chi connectivity index (χ0n) is 10.2. The Balaban J connectivity index is 2.13. The fourth-order valence-corrected chi connectivity index (χ4v) is 1.48. The van der Waals surface area contributed by atoms with Crippen LogP contribution in [0.3, 0.4) is 0 Å². The van der Waals surface area contributed by atoms with Gasteiger partial charge in [-0.3, -0.25) is 4.98 Å². The van der Waals surface area contributed by atoms with Crippen LogP contribution in [-0.4, -0.2) is 22.0 Å². The van der Waals surface area contributed by atoms with E-state index in [1.165, 1.54) is 0 Å². The minimum absolute atomic E-state index is 0.166. The molecule has 0 aliphatic rings. The highest BCUT2D eigenvalue weighted by atomic mass is 19.1. The molecule has 0 bridgehead atoms. The Morgan fingerprint density at radius 3 is 2.89 bits per heavy atom. The average Bonchev–Trinajstić information content (AvgIpc) is 2.39. The average molecular weight is 247 g/mol. The van der Waals surface area contributed by atoms with E-state index >= 15 is 0 Å². The molecule has 0 aromatic carbocycles. The second kappa shape index (κ2) is 5.39. The SMILES string of the molecule is CNc1ncc(F)c(NCc2ncccc2C)n1. The van der Waals surface area contributed by atoms with E-state index in [2.05, 4.69) is 25.6 Å². The van der Waals surface area contributed by atoms with E-state index in [0.29, 0.717) is 12.5 Å². The third-order valence-electron chi connectivity index (χ3n) is 2.51. The minimum atomic E-state index is -0.484. The Labute approximate surface area is 105 Å². The normalized spacial score (nSPS) is 10.2. The van der Waals surface area contributed by atoms with E-state index in [0.717, 1.165) is 17.5 Å². The van der Waals surface area contributed by atoms with Gasteiger partial charge < -0.3 is 10.6 Å². The van der Waals surface area contributed by atoms with Crippen LogP contribution in [0.4, 0.5) is 16.2 Å². The number of anilines is 2. The van der Waals surface area contributed by atoms with E-state index in [1.54, 1.807) is 13.2 Å². The van der Waals surface area contributed by atoms with Crippen molar-refractivity contribution in [1.29, 1.82) is 0 Å². The number of nitrogens with one attached hydrogen (secondary N) is 2. The zero-order chi connectivity index (χ0) is 13.0. The Kier molecular flexibility index (Phi) is 3.66. The summed E-state index contributed by atoms with van der Waals surface area (Å²) >= 11 is 0. The van der Waals surface area contributed by atoms with Gasteiger partial charge in [-0.05, 0) is 18.6 Å². The molecule has 0 aliphatic carbocycles. The van der Waals surface area contributed by atoms with Crippen LogP contribution < -0.4 is 10.6 Å². The summed E-state index contributed by atoms with van der Waals surface area (Å²) in [6.45, 7) is 2.38. The molecular formula is C12H14FN5. The number of aryl methyl sites for hydroxylation is 1. The molecule has 2 rings (SSSR count). The van der Waals surface area contributed by atoms with Crippen LogP contribution in [0.1, 0.15) is 11.3 Å². The number of pyridine rings is 1. The third-order valence-corrected chi connectivity index (χ3v) is 2.51.